The third-order valence-electron chi connectivity index (χ3n) is 26.8. The SMILES string of the molecule is CC(C)(C)OC(=O)N[C@H]1CN(C(=O)OCC2c3ccccc3-c3ccccc32)[C@@H]2C(=O)CO[C@H]12.CC(C)(C)OC(=O)N[C@H]1CN(C(=O)OCC2c3ccccc3-c3ccccc32)[C@H]2[C@@H]1OC[C@@H]2O.CC(C)(C)OC(=O)N[C@H]1CN(C(=O)OCc2ccccc2)[C@H]2[C@@H]1OC[C@@H]2O.Cc1ccc(S(=O)(=O)O[C@@H]2CN(C(=O)OCc3ccccc3)[C@H]3[C@@H]2OC[C@@H]3O)cc1.[N-]=[N+]=N[C@H]1CN(C(=O)OCc2ccccc2)[C@H]2[C@@H]1OC[C@@H]2O. The Labute approximate surface area is 850 Å². The van der Waals surface area contributed by atoms with E-state index in [-0.39, 0.29) is 121 Å². The normalized spacial score (nSPS) is 26.0. The Morgan fingerprint density at radius 2 is 0.707 bits per heavy atom. The van der Waals surface area contributed by atoms with Crippen molar-refractivity contribution in [3.63, 3.8) is 0 Å². The Kier molecular flexibility index (Phi) is 33.1. The van der Waals surface area contributed by atoms with Crippen LogP contribution < -0.4 is 16.0 Å². The van der Waals surface area contributed by atoms with Crippen molar-refractivity contribution in [1.82, 2.24) is 40.4 Å². The average Bonchev–Trinajstić information content (AvgIpc) is 1.61. The van der Waals surface area contributed by atoms with Gasteiger partial charge in [0.15, 0.2) is 5.78 Å². The highest BCUT2D eigenvalue weighted by atomic mass is 32.2. The molecule has 8 amide bonds. The van der Waals surface area contributed by atoms with E-state index in [1.165, 1.54) is 36.6 Å². The average molecular weight is 2050 g/mol. The first-order valence-electron chi connectivity index (χ1n) is 48.8. The smallest absolute Gasteiger partial charge is 0.410 e. The second kappa shape index (κ2) is 45.8. The van der Waals surface area contributed by atoms with Crippen LogP contribution in [0.5, 0.6) is 0 Å². The van der Waals surface area contributed by atoms with Crippen molar-refractivity contribution in [2.24, 2.45) is 5.11 Å². The number of hydrogen-bond donors (Lipinski definition) is 7. The van der Waals surface area contributed by atoms with Gasteiger partial charge in [-0.05, 0) is 148 Å². The third-order valence-corrected chi connectivity index (χ3v) is 28.1. The minimum Gasteiger partial charge on any atom is -0.448 e. The molecular weight excluding hydrogens is 1920 g/mol. The van der Waals surface area contributed by atoms with Gasteiger partial charge in [-0.1, -0.05) is 211 Å². The predicted molar refractivity (Wildman–Crippen MR) is 526 cm³/mol. The highest BCUT2D eigenvalue weighted by molar-refractivity contribution is 7.86. The number of ether oxygens (including phenoxy) is 13. The predicted octanol–water partition coefficient (Wildman–Crippen LogP) is 11.7. The molecule has 10 aliphatic heterocycles. The number of carbonyl (C=O) groups excluding carboxylic acids is 9. The number of likely N-dealkylation sites (tertiary alicyclic amines) is 5. The Hall–Kier alpha value is -13.6. The van der Waals surface area contributed by atoms with Gasteiger partial charge in [-0.2, -0.15) is 8.42 Å². The van der Waals surface area contributed by atoms with Crippen LogP contribution in [-0.2, 0) is 100 Å². The zero-order valence-electron chi connectivity index (χ0n) is 82.9. The van der Waals surface area contributed by atoms with Gasteiger partial charge in [0.2, 0.25) is 0 Å². The van der Waals surface area contributed by atoms with Crippen molar-refractivity contribution in [2.45, 2.75) is 238 Å². The van der Waals surface area contributed by atoms with Crippen molar-refractivity contribution < 1.29 is 138 Å². The zero-order valence-corrected chi connectivity index (χ0v) is 83.7. The quantitative estimate of drug-likeness (QED) is 0.0146. The molecule has 782 valence electrons. The molecule has 147 heavy (non-hydrogen) atoms. The molecule has 10 saturated heterocycles. The van der Waals surface area contributed by atoms with Gasteiger partial charge in [0.05, 0.1) is 92.3 Å². The Morgan fingerprint density at radius 1 is 0.395 bits per heavy atom. The highest BCUT2D eigenvalue weighted by Crippen LogP contribution is 2.48. The molecule has 0 aromatic heterocycles. The third kappa shape index (κ3) is 25.1. The van der Waals surface area contributed by atoms with E-state index in [4.69, 9.17) is 71.3 Å². The summed E-state index contributed by atoms with van der Waals surface area (Å²) < 4.78 is 102. The van der Waals surface area contributed by atoms with E-state index in [1.807, 2.05) is 146 Å². The molecule has 10 fully saturated rings. The number of hydrogen-bond acceptors (Lipinski definition) is 30. The summed E-state index contributed by atoms with van der Waals surface area (Å²) in [6.07, 6.45) is -11.9. The van der Waals surface area contributed by atoms with Crippen molar-refractivity contribution in [3.05, 3.63) is 267 Å². The number of rotatable bonds is 17. The summed E-state index contributed by atoms with van der Waals surface area (Å²) in [6, 6.07) is 61.4. The minimum atomic E-state index is -4.06. The van der Waals surface area contributed by atoms with E-state index in [0.717, 1.165) is 66.8 Å². The van der Waals surface area contributed by atoms with Crippen LogP contribution in [0.15, 0.2) is 222 Å². The zero-order chi connectivity index (χ0) is 105. The van der Waals surface area contributed by atoms with Gasteiger partial charge < -0.3 is 98.0 Å². The van der Waals surface area contributed by atoms with Gasteiger partial charge in [0.25, 0.3) is 10.1 Å². The van der Waals surface area contributed by atoms with Crippen molar-refractivity contribution in [2.75, 3.05) is 79.0 Å². The highest BCUT2D eigenvalue weighted by Gasteiger charge is 2.59. The maximum absolute atomic E-state index is 13.2. The maximum Gasteiger partial charge on any atom is 0.410 e. The molecule has 0 bridgehead atoms. The first-order chi connectivity index (χ1) is 70.2. The number of ketones is 1. The molecule has 41 heteroatoms. The first-order valence-corrected chi connectivity index (χ1v) is 50.2. The number of nitrogens with zero attached hydrogens (tertiary/aromatic N) is 8. The molecule has 0 saturated carbocycles. The second-order valence-corrected chi connectivity index (χ2v) is 42.1. The minimum absolute atomic E-state index is 0.0117. The van der Waals surface area contributed by atoms with E-state index < -0.39 is 191 Å². The van der Waals surface area contributed by atoms with Crippen LogP contribution in [0.3, 0.4) is 0 Å². The summed E-state index contributed by atoms with van der Waals surface area (Å²) in [4.78, 5) is 123. The lowest BCUT2D eigenvalue weighted by Gasteiger charge is -2.25. The number of aliphatic hydroxyl groups excluding tert-OH is 4. The molecule has 0 unspecified atom stereocenters. The van der Waals surface area contributed by atoms with Crippen LogP contribution in [0, 0.1) is 6.92 Å². The molecule has 20 rings (SSSR count). The van der Waals surface area contributed by atoms with Crippen LogP contribution in [0.1, 0.15) is 119 Å². The van der Waals surface area contributed by atoms with E-state index in [2.05, 4.69) is 74.5 Å². The monoisotopic (exact) mass is 2050 g/mol. The van der Waals surface area contributed by atoms with E-state index in [0.29, 0.717) is 0 Å². The van der Waals surface area contributed by atoms with Gasteiger partial charge in [-0.25, -0.2) is 38.4 Å². The molecule has 0 radical (unpaired) electrons. The van der Waals surface area contributed by atoms with Crippen molar-refractivity contribution in [1.29, 1.82) is 0 Å². The summed E-state index contributed by atoms with van der Waals surface area (Å²) in [5, 5.41) is 52.9. The van der Waals surface area contributed by atoms with Gasteiger partial charge in [-0.15, -0.1) is 0 Å². The summed E-state index contributed by atoms with van der Waals surface area (Å²) in [6.45, 7) is 19.3. The fourth-order valence-electron chi connectivity index (χ4n) is 20.5. The summed E-state index contributed by atoms with van der Waals surface area (Å²) in [7, 11) is -4.06. The van der Waals surface area contributed by atoms with Crippen LogP contribution in [0.25, 0.3) is 32.7 Å². The number of fused-ring (bicyclic) bond motifs is 11. The molecule has 7 N–H and O–H groups in total. The fraction of sp³-hybridized carbons (Fsp3) is 0.462. The van der Waals surface area contributed by atoms with E-state index >= 15 is 0 Å². The lowest BCUT2D eigenvalue weighted by Crippen LogP contribution is -2.46. The largest absolute Gasteiger partial charge is 0.448 e. The number of amides is 8. The Balaban J connectivity index is 0.000000132. The second-order valence-electron chi connectivity index (χ2n) is 40.5. The Bertz CT molecular complexity index is 6100. The first kappa shape index (κ1) is 106. The molecule has 10 heterocycles. The summed E-state index contributed by atoms with van der Waals surface area (Å²) in [5.74, 6) is -0.344. The van der Waals surface area contributed by atoms with E-state index in [9.17, 15) is 72.0 Å². The lowest BCUT2D eigenvalue weighted by atomic mass is 9.98. The van der Waals surface area contributed by atoms with Gasteiger partial charge in [0, 0.05) is 42.9 Å². The van der Waals surface area contributed by atoms with Crippen LogP contribution in [0.2, 0.25) is 0 Å². The number of aryl methyl sites for hydroxylation is 1. The molecular formula is C106H123N11O29S. The number of carbonyl (C=O) groups is 9. The number of nitrogens with one attached hydrogen (secondary N) is 3. The number of azide groups is 1. The summed E-state index contributed by atoms with van der Waals surface area (Å²) in [5.41, 5.74) is 19.2. The topological polar surface area (TPSA) is 499 Å². The number of aliphatic hydroxyl groups is 4. The van der Waals surface area contributed by atoms with Crippen molar-refractivity contribution in [3.8, 4) is 22.3 Å². The molecule has 2 aliphatic carbocycles. The number of benzene rings is 8. The van der Waals surface area contributed by atoms with Gasteiger partial charge in [0.1, 0.15) is 117 Å². The van der Waals surface area contributed by atoms with E-state index in [1.54, 1.807) is 74.4 Å². The Morgan fingerprint density at radius 3 is 1.09 bits per heavy atom. The van der Waals surface area contributed by atoms with Crippen LogP contribution in [0.4, 0.5) is 38.4 Å². The number of alkyl carbamates (subject to hydrolysis) is 3. The molecule has 8 aromatic rings. The van der Waals surface area contributed by atoms with Crippen LogP contribution >= 0.6 is 0 Å². The van der Waals surface area contributed by atoms with Gasteiger partial charge in [-0.3, -0.25) is 33.5 Å². The number of Topliss-reactive ketones (excluding diaryl/α,β-unsaturated/α-hetero) is 1. The van der Waals surface area contributed by atoms with Gasteiger partial charge >= 0.3 is 48.7 Å². The molecule has 12 aliphatic rings. The summed E-state index contributed by atoms with van der Waals surface area (Å²) >= 11 is 0. The molecule has 0 spiro atoms. The van der Waals surface area contributed by atoms with Crippen molar-refractivity contribution >= 4 is 64.6 Å². The molecule has 8 aromatic carbocycles. The molecule has 19 atom stereocenters. The molecule has 40 nitrogen and oxygen atoms in total. The standard InChI is InChI=1S/C26H30N2O6.C26H28N2O6.C21H23NO7S.C19H26N2O6.C14H16N4O4/c2*1-26(2,3)34-24(30)27-20-12-28(22-21(29)14-32-23(20)22)25(31)33-13-19-17-10-6-4-8-15(17)16-9-5-7-11-18(16)19;1-14-7-9-16(10-8-14)30(25,26)29-18-11-22(19-17(23)13-27-20(18)19)21(24)28-12-15-5-3-2-4-6-15;1-19(2,3)27-17(23)20-13-9-21(15-14(22)11-25-16(13)15)18(24)26-10-12-7-5-4-6-8-12;15-17-16-10-6-18(12-11(19)8-21-13(10)12)14(20)22-7-9-4-2-1-3-5-9/h4-11,19-23,29H,12-14H2,1-3H3,(H,27,30);4-11,19-20,22-23H,12-14H2,1-3H3,(H,27,30);2-10,17-20,23H,11-13H2,1H3;4-8,13-16,22H,9-11H2,1-3H3,(H,20,23);1-5,10-13,19H,6-8H2/t20-,21-,22+,23+;20-,22+,23+;17-,18+,19+,20+;13-,14-,15+,16+;10-,11-,12+,13+/m00000/s1. The lowest BCUT2D eigenvalue weighted by molar-refractivity contribution is -0.121. The van der Waals surface area contributed by atoms with Crippen LogP contribution in [-0.4, -0.2) is 319 Å². The fourth-order valence-corrected chi connectivity index (χ4v) is 21.5. The maximum atomic E-state index is 13.2.